The van der Waals surface area contributed by atoms with Crippen molar-refractivity contribution in [1.29, 1.82) is 0 Å². The molecule has 274 valence electrons. The number of hydrogen-bond acceptors (Lipinski definition) is 4. The molecule has 2 aromatic heterocycles. The van der Waals surface area contributed by atoms with Crippen LogP contribution in [0.3, 0.4) is 0 Å². The summed E-state index contributed by atoms with van der Waals surface area (Å²) in [6.45, 7) is -0.240. The number of benzene rings is 9. The fourth-order valence-electron chi connectivity index (χ4n) is 9.85. The van der Waals surface area contributed by atoms with E-state index in [2.05, 4.69) is 210 Å². The summed E-state index contributed by atoms with van der Waals surface area (Å²) < 4.78 is 14.3. The molecule has 11 aromatic rings. The van der Waals surface area contributed by atoms with Gasteiger partial charge in [-0.05, 0) is 92.7 Å². The summed E-state index contributed by atoms with van der Waals surface area (Å²) in [6.07, 6.45) is 0. The van der Waals surface area contributed by atoms with Gasteiger partial charge < -0.3 is 13.7 Å². The van der Waals surface area contributed by atoms with E-state index < -0.39 is 0 Å². The van der Waals surface area contributed by atoms with Gasteiger partial charge in [-0.2, -0.15) is 0 Å². The molecule has 0 N–H and O–H groups in total. The van der Waals surface area contributed by atoms with E-state index >= 15 is 0 Å². The van der Waals surface area contributed by atoms with E-state index in [1.165, 1.54) is 21.6 Å². The number of hydrogen-bond donors (Lipinski definition) is 0. The van der Waals surface area contributed by atoms with Gasteiger partial charge in [0.1, 0.15) is 11.2 Å². The second-order valence-electron chi connectivity index (χ2n) is 15.6. The Morgan fingerprint density at radius 1 is 0.356 bits per heavy atom. The third-order valence-corrected chi connectivity index (χ3v) is 12.4. The van der Waals surface area contributed by atoms with Crippen LogP contribution in [0.25, 0.3) is 65.7 Å². The Morgan fingerprint density at radius 2 is 0.831 bits per heavy atom. The first-order chi connectivity index (χ1) is 29.3. The number of furan rings is 2. The first kappa shape index (κ1) is 32.3. The summed E-state index contributed by atoms with van der Waals surface area (Å²) in [4.78, 5) is 4.86. The summed E-state index contributed by atoms with van der Waals surface area (Å²) in [5.41, 5.74) is 14.9. The molecule has 0 aliphatic carbocycles. The van der Waals surface area contributed by atoms with Crippen LogP contribution >= 0.6 is 0 Å². The maximum Gasteiger partial charge on any atom is 0.302 e. The fraction of sp³-hybridized carbons (Fsp3) is 0. The van der Waals surface area contributed by atoms with Crippen LogP contribution in [0, 0.1) is 0 Å². The number of rotatable bonds is 4. The van der Waals surface area contributed by atoms with Gasteiger partial charge in [-0.25, -0.2) is 0 Å². The van der Waals surface area contributed by atoms with Crippen molar-refractivity contribution in [3.05, 3.63) is 200 Å². The predicted octanol–water partition coefficient (Wildman–Crippen LogP) is 12.9. The fourth-order valence-corrected chi connectivity index (χ4v) is 9.85. The Kier molecular flexibility index (Phi) is 6.78. The van der Waals surface area contributed by atoms with Crippen LogP contribution in [0.4, 0.5) is 34.3 Å². The Hall–Kier alpha value is -7.76. The third kappa shape index (κ3) is 4.67. The molecular formula is C54H33BN2O2. The molecule has 0 spiro atoms. The van der Waals surface area contributed by atoms with Crippen LogP contribution in [-0.2, 0) is 0 Å². The Labute approximate surface area is 340 Å². The van der Waals surface area contributed by atoms with Gasteiger partial charge in [0.15, 0.2) is 0 Å². The van der Waals surface area contributed by atoms with E-state index in [-0.39, 0.29) is 6.71 Å². The first-order valence-electron chi connectivity index (χ1n) is 20.2. The first-order valence-corrected chi connectivity index (χ1v) is 20.2. The van der Waals surface area contributed by atoms with Crippen molar-refractivity contribution in [2.45, 2.75) is 0 Å². The molecule has 0 amide bonds. The van der Waals surface area contributed by atoms with Gasteiger partial charge in [-0.1, -0.05) is 146 Å². The Balaban J connectivity index is 1.18. The average molecular weight is 753 g/mol. The Bertz CT molecular complexity index is 3480. The molecular weight excluding hydrogens is 719 g/mol. The topological polar surface area (TPSA) is 32.8 Å². The molecule has 5 heteroatoms. The van der Waals surface area contributed by atoms with Crippen molar-refractivity contribution in [2.24, 2.45) is 0 Å². The molecule has 4 heterocycles. The van der Waals surface area contributed by atoms with Crippen molar-refractivity contribution < 1.29 is 8.83 Å². The molecule has 0 saturated heterocycles. The zero-order chi connectivity index (χ0) is 38.6. The maximum atomic E-state index is 7.19. The van der Waals surface area contributed by atoms with Crippen LogP contribution < -0.4 is 26.4 Å². The molecule has 0 unspecified atom stereocenters. The van der Waals surface area contributed by atoms with Crippen molar-refractivity contribution in [3.63, 3.8) is 0 Å². The molecule has 13 rings (SSSR count). The minimum absolute atomic E-state index is 0.240. The van der Waals surface area contributed by atoms with Gasteiger partial charge in [-0.15, -0.1) is 0 Å². The highest BCUT2D eigenvalue weighted by molar-refractivity contribution is 7.01. The van der Waals surface area contributed by atoms with Gasteiger partial charge in [0.25, 0.3) is 0 Å². The van der Waals surface area contributed by atoms with Gasteiger partial charge in [-0.3, -0.25) is 4.90 Å². The Morgan fingerprint density at radius 3 is 1.44 bits per heavy atom. The monoisotopic (exact) mass is 752 g/mol. The van der Waals surface area contributed by atoms with Crippen LogP contribution in [0.15, 0.2) is 209 Å². The lowest BCUT2D eigenvalue weighted by Crippen LogP contribution is -2.60. The molecule has 0 atom stereocenters. The molecule has 9 aromatic carbocycles. The summed E-state index contributed by atoms with van der Waals surface area (Å²) in [5, 5.41) is 6.88. The second kappa shape index (κ2) is 12.4. The van der Waals surface area contributed by atoms with Crippen molar-refractivity contribution in [1.82, 2.24) is 0 Å². The van der Waals surface area contributed by atoms with Crippen molar-refractivity contribution in [3.8, 4) is 22.3 Å². The van der Waals surface area contributed by atoms with Gasteiger partial charge >= 0.3 is 6.71 Å². The molecule has 0 saturated carbocycles. The van der Waals surface area contributed by atoms with E-state index in [4.69, 9.17) is 8.83 Å². The van der Waals surface area contributed by atoms with Crippen LogP contribution in [0.2, 0.25) is 0 Å². The second-order valence-corrected chi connectivity index (χ2v) is 15.6. The van der Waals surface area contributed by atoms with Crippen molar-refractivity contribution >= 4 is 101 Å². The van der Waals surface area contributed by atoms with Crippen molar-refractivity contribution in [2.75, 3.05) is 9.80 Å². The summed E-state index contributed by atoms with van der Waals surface area (Å²) in [7, 11) is 0. The molecule has 0 radical (unpaired) electrons. The number of anilines is 6. The van der Waals surface area contributed by atoms with Gasteiger partial charge in [0, 0.05) is 38.7 Å². The van der Waals surface area contributed by atoms with Crippen LogP contribution in [0.1, 0.15) is 0 Å². The van der Waals surface area contributed by atoms with E-state index in [0.29, 0.717) is 0 Å². The zero-order valence-corrected chi connectivity index (χ0v) is 31.8. The molecule has 0 bridgehead atoms. The largest absolute Gasteiger partial charge is 0.468 e. The van der Waals surface area contributed by atoms with Gasteiger partial charge in [0.05, 0.1) is 22.7 Å². The van der Waals surface area contributed by atoms with E-state index in [9.17, 15) is 0 Å². The molecule has 2 aliphatic heterocycles. The zero-order valence-electron chi connectivity index (χ0n) is 31.8. The SMILES string of the molecule is c1ccc(-c2cc3ccccc3cc2N2c3cccc4c3B(c3oc5ccccc5c3N4c3cc4ccccc4cc3-c3ccccc3)c3c2oc2ccccc32)cc1. The van der Waals surface area contributed by atoms with E-state index in [0.717, 1.165) is 95.0 Å². The summed E-state index contributed by atoms with van der Waals surface area (Å²) in [5.74, 6) is 0.809. The quantitative estimate of drug-likeness (QED) is 0.168. The summed E-state index contributed by atoms with van der Waals surface area (Å²) in [6, 6.07) is 71.9. The minimum Gasteiger partial charge on any atom is -0.468 e. The van der Waals surface area contributed by atoms with Crippen LogP contribution in [-0.4, -0.2) is 6.71 Å². The van der Waals surface area contributed by atoms with Gasteiger partial charge in [0.2, 0.25) is 5.88 Å². The normalized spacial score (nSPS) is 13.0. The number of fused-ring (bicyclic) bond motifs is 10. The highest BCUT2D eigenvalue weighted by Crippen LogP contribution is 2.51. The molecule has 59 heavy (non-hydrogen) atoms. The molecule has 2 aliphatic rings. The highest BCUT2D eigenvalue weighted by atomic mass is 16.4. The standard InChI is InChI=1S/C54H33BN2O2/c1-3-16-34(17-4-1)42-30-36-20-7-9-22-38(36)32-46(42)56-44-26-15-27-45-51(44)55(53-52(56)41-25-12-14-29-49(41)58-53)50-40-24-11-13-28-48(40)59-54(50)57(45)47-33-39-23-10-8-21-37(39)31-43(47)35-18-5-2-6-19-35/h1-33H. The predicted molar refractivity (Wildman–Crippen MR) is 246 cm³/mol. The van der Waals surface area contributed by atoms with Crippen LogP contribution in [0.5, 0.6) is 0 Å². The lowest BCUT2D eigenvalue weighted by Gasteiger charge is -2.41. The van der Waals surface area contributed by atoms with E-state index in [1.54, 1.807) is 0 Å². The number of para-hydroxylation sites is 2. The molecule has 0 fully saturated rings. The molecule has 4 nitrogen and oxygen atoms in total. The maximum absolute atomic E-state index is 7.19. The van der Waals surface area contributed by atoms with E-state index in [1.807, 2.05) is 0 Å². The summed E-state index contributed by atoms with van der Waals surface area (Å²) >= 11 is 0. The third-order valence-electron chi connectivity index (χ3n) is 12.4. The lowest BCUT2D eigenvalue weighted by molar-refractivity contribution is 0.622. The lowest BCUT2D eigenvalue weighted by atomic mass is 9.35. The highest BCUT2D eigenvalue weighted by Gasteiger charge is 2.49. The number of nitrogens with zero attached hydrogens (tertiary/aromatic N) is 2. The minimum atomic E-state index is -0.240. The average Bonchev–Trinajstić information content (AvgIpc) is 3.88. The smallest absolute Gasteiger partial charge is 0.302 e.